The van der Waals surface area contributed by atoms with Crippen LogP contribution in [0.15, 0.2) is 71.6 Å². The van der Waals surface area contributed by atoms with E-state index in [1.165, 1.54) is 42.5 Å². The minimum Gasteiger partial charge on any atom is -0.279 e. The Balaban J connectivity index is 1.60. The fourth-order valence-electron chi connectivity index (χ4n) is 2.95. The van der Waals surface area contributed by atoms with Gasteiger partial charge in [-0.1, -0.05) is 24.3 Å². The first-order valence-electron chi connectivity index (χ1n) is 8.97. The highest BCUT2D eigenvalue weighted by Gasteiger charge is 2.30. The smallest absolute Gasteiger partial charge is 0.279 e. The molecule has 12 heteroatoms. The topological polar surface area (TPSA) is 101 Å². The summed E-state index contributed by atoms with van der Waals surface area (Å²) < 4.78 is 79.8. The quantitative estimate of drug-likeness (QED) is 0.425. The number of benzene rings is 3. The number of hydrogen-bond acceptors (Lipinski definition) is 5. The molecule has 1 aromatic heterocycles. The van der Waals surface area contributed by atoms with Crippen LogP contribution in [0, 0.1) is 5.82 Å². The molecule has 0 atom stereocenters. The van der Waals surface area contributed by atoms with E-state index in [-0.39, 0.29) is 22.0 Å². The molecule has 164 valence electrons. The highest BCUT2D eigenvalue weighted by molar-refractivity contribution is 7.92. The van der Waals surface area contributed by atoms with Crippen LogP contribution in [0.3, 0.4) is 0 Å². The van der Waals surface area contributed by atoms with Gasteiger partial charge in [0.15, 0.2) is 0 Å². The summed E-state index contributed by atoms with van der Waals surface area (Å²) in [4.78, 5) is -0.100. The van der Waals surface area contributed by atoms with Gasteiger partial charge in [0.1, 0.15) is 5.82 Å². The number of H-pyrrole nitrogens is 1. The highest BCUT2D eigenvalue weighted by atomic mass is 32.2. The van der Waals surface area contributed by atoms with Gasteiger partial charge in [0, 0.05) is 0 Å². The van der Waals surface area contributed by atoms with Gasteiger partial charge in [0.05, 0.1) is 21.7 Å². The number of hydrogen-bond donors (Lipinski definition) is 2. The maximum atomic E-state index is 13.7. The van der Waals surface area contributed by atoms with Crippen molar-refractivity contribution in [3.8, 4) is 22.5 Å². The van der Waals surface area contributed by atoms with E-state index >= 15 is 0 Å². The summed E-state index contributed by atoms with van der Waals surface area (Å²) in [6.07, 6.45) is -4.44. The molecule has 7 nitrogen and oxygen atoms in total. The van der Waals surface area contributed by atoms with Crippen molar-refractivity contribution in [2.24, 2.45) is 0 Å². The van der Waals surface area contributed by atoms with Gasteiger partial charge in [0.2, 0.25) is 5.82 Å². The molecule has 0 radical (unpaired) electrons. The Kier molecular flexibility index (Phi) is 5.38. The Morgan fingerprint density at radius 2 is 1.50 bits per heavy atom. The molecule has 0 saturated heterocycles. The van der Waals surface area contributed by atoms with Crippen molar-refractivity contribution >= 4 is 15.7 Å². The standard InChI is InChI=1S/C20H13F4N5O2S/c21-15-7-10-18(17(11-15)19-25-28-29-26-19)27-32(30,31)16-8-3-13(4-9-16)12-1-5-14(6-2-12)20(22,23)24/h1-11,27H,(H,25,26,28,29). The van der Waals surface area contributed by atoms with E-state index in [0.717, 1.165) is 24.3 Å². The van der Waals surface area contributed by atoms with Crippen LogP contribution < -0.4 is 4.72 Å². The molecule has 32 heavy (non-hydrogen) atoms. The zero-order valence-corrected chi connectivity index (χ0v) is 16.7. The number of anilines is 1. The Labute approximate surface area is 179 Å². The molecule has 0 amide bonds. The van der Waals surface area contributed by atoms with Crippen molar-refractivity contribution in [3.63, 3.8) is 0 Å². The third-order valence-corrected chi connectivity index (χ3v) is 5.90. The average Bonchev–Trinajstić information content (AvgIpc) is 3.29. The van der Waals surface area contributed by atoms with E-state index in [0.29, 0.717) is 11.1 Å². The zero-order chi connectivity index (χ0) is 22.9. The normalized spacial score (nSPS) is 12.0. The lowest BCUT2D eigenvalue weighted by Gasteiger charge is -2.12. The third kappa shape index (κ3) is 4.44. The number of aromatic amines is 1. The van der Waals surface area contributed by atoms with E-state index in [4.69, 9.17) is 0 Å². The minimum atomic E-state index is -4.44. The molecule has 0 aliphatic heterocycles. The molecule has 4 aromatic rings. The molecule has 0 fully saturated rings. The number of tetrazole rings is 1. The molecule has 0 bridgehead atoms. The van der Waals surface area contributed by atoms with Crippen LogP contribution >= 0.6 is 0 Å². The van der Waals surface area contributed by atoms with Crippen LogP contribution in [0.5, 0.6) is 0 Å². The summed E-state index contributed by atoms with van der Waals surface area (Å²) in [7, 11) is -4.07. The van der Waals surface area contributed by atoms with Crippen molar-refractivity contribution in [3.05, 3.63) is 78.1 Å². The summed E-state index contributed by atoms with van der Waals surface area (Å²) in [5.74, 6) is -0.617. The molecule has 0 unspecified atom stereocenters. The van der Waals surface area contributed by atoms with Gasteiger partial charge in [-0.05, 0) is 58.8 Å². The van der Waals surface area contributed by atoms with Crippen molar-refractivity contribution in [1.29, 1.82) is 0 Å². The molecule has 4 rings (SSSR count). The Hall–Kier alpha value is -3.80. The zero-order valence-electron chi connectivity index (χ0n) is 15.9. The lowest BCUT2D eigenvalue weighted by Crippen LogP contribution is -2.14. The molecule has 0 aliphatic carbocycles. The van der Waals surface area contributed by atoms with Crippen LogP contribution in [0.2, 0.25) is 0 Å². The van der Waals surface area contributed by atoms with Crippen molar-refractivity contribution in [1.82, 2.24) is 20.6 Å². The Morgan fingerprint density at radius 1 is 0.875 bits per heavy atom. The Morgan fingerprint density at radius 3 is 2.06 bits per heavy atom. The largest absolute Gasteiger partial charge is 0.416 e. The predicted molar refractivity (Wildman–Crippen MR) is 107 cm³/mol. The van der Waals surface area contributed by atoms with Crippen molar-refractivity contribution in [2.75, 3.05) is 4.72 Å². The molecule has 0 saturated carbocycles. The van der Waals surface area contributed by atoms with Crippen molar-refractivity contribution < 1.29 is 26.0 Å². The van der Waals surface area contributed by atoms with E-state index in [2.05, 4.69) is 25.3 Å². The van der Waals surface area contributed by atoms with Gasteiger partial charge in [0.25, 0.3) is 10.0 Å². The second-order valence-corrected chi connectivity index (χ2v) is 8.31. The summed E-state index contributed by atoms with van der Waals surface area (Å²) in [5.41, 5.74) is 0.379. The highest BCUT2D eigenvalue weighted by Crippen LogP contribution is 2.32. The summed E-state index contributed by atoms with van der Waals surface area (Å²) in [6, 6.07) is 13.5. The number of halogens is 4. The first kappa shape index (κ1) is 21.4. The predicted octanol–water partition coefficient (Wildman–Crippen LogP) is 4.49. The lowest BCUT2D eigenvalue weighted by atomic mass is 10.0. The van der Waals surface area contributed by atoms with Gasteiger partial charge in [-0.15, -0.1) is 10.2 Å². The van der Waals surface area contributed by atoms with Crippen LogP contribution in [0.1, 0.15) is 5.56 Å². The molecule has 3 aromatic carbocycles. The molecule has 1 heterocycles. The van der Waals surface area contributed by atoms with Gasteiger partial charge in [-0.2, -0.15) is 18.4 Å². The number of nitrogens with one attached hydrogen (secondary N) is 2. The van der Waals surface area contributed by atoms with Crippen LogP contribution in [-0.4, -0.2) is 29.0 Å². The Bertz CT molecular complexity index is 1340. The molecular weight excluding hydrogens is 450 g/mol. The molecule has 2 N–H and O–H groups in total. The van der Waals surface area contributed by atoms with Crippen molar-refractivity contribution in [2.45, 2.75) is 11.1 Å². The van der Waals surface area contributed by atoms with Gasteiger partial charge in [-0.3, -0.25) is 4.72 Å². The third-order valence-electron chi connectivity index (χ3n) is 4.52. The van der Waals surface area contributed by atoms with E-state index in [1.807, 2.05) is 0 Å². The monoisotopic (exact) mass is 463 g/mol. The van der Waals surface area contributed by atoms with E-state index in [1.54, 1.807) is 0 Å². The second kappa shape index (κ2) is 8.04. The second-order valence-electron chi connectivity index (χ2n) is 6.63. The molecule has 0 aliphatic rings. The number of rotatable bonds is 5. The van der Waals surface area contributed by atoms with Gasteiger partial charge in [-0.25, -0.2) is 12.8 Å². The summed E-state index contributed by atoms with van der Waals surface area (Å²) >= 11 is 0. The first-order valence-corrected chi connectivity index (χ1v) is 10.5. The fourth-order valence-corrected chi connectivity index (χ4v) is 4.03. The van der Waals surface area contributed by atoms with Crippen LogP contribution in [0.25, 0.3) is 22.5 Å². The summed E-state index contributed by atoms with van der Waals surface area (Å²) in [6.45, 7) is 0. The first-order chi connectivity index (χ1) is 15.1. The molecular formula is C20H13F4N5O2S. The number of sulfonamides is 1. The van der Waals surface area contributed by atoms with E-state index < -0.39 is 27.6 Å². The SMILES string of the molecule is O=S(=O)(Nc1ccc(F)cc1-c1nn[nH]n1)c1ccc(-c2ccc(C(F)(F)F)cc2)cc1. The maximum absolute atomic E-state index is 13.7. The van der Waals surface area contributed by atoms with Crippen LogP contribution in [-0.2, 0) is 16.2 Å². The minimum absolute atomic E-state index is 0.000137. The van der Waals surface area contributed by atoms with Crippen LogP contribution in [0.4, 0.5) is 23.2 Å². The molecule has 0 spiro atoms. The van der Waals surface area contributed by atoms with E-state index in [9.17, 15) is 26.0 Å². The maximum Gasteiger partial charge on any atom is 0.416 e. The average molecular weight is 463 g/mol. The number of alkyl halides is 3. The van der Waals surface area contributed by atoms with Gasteiger partial charge >= 0.3 is 6.18 Å². The number of nitrogens with zero attached hydrogens (tertiary/aromatic N) is 3. The fraction of sp³-hybridized carbons (Fsp3) is 0.0500. The number of aromatic nitrogens is 4. The lowest BCUT2D eigenvalue weighted by molar-refractivity contribution is -0.137. The van der Waals surface area contributed by atoms with Gasteiger partial charge < -0.3 is 0 Å². The summed E-state index contributed by atoms with van der Waals surface area (Å²) in [5, 5.41) is 13.1.